The summed E-state index contributed by atoms with van der Waals surface area (Å²) in [7, 11) is 6.37. The first kappa shape index (κ1) is 95.1. The topological polar surface area (TPSA) is 250 Å². The van der Waals surface area contributed by atoms with Crippen molar-refractivity contribution in [3.05, 3.63) is 434 Å². The number of hydrogen-bond acceptors (Lipinski definition) is 17. The first-order valence-electron chi connectivity index (χ1n) is 42.4. The van der Waals surface area contributed by atoms with Gasteiger partial charge in [-0.3, -0.25) is 15.0 Å². The zero-order valence-corrected chi connectivity index (χ0v) is 79.8. The third kappa shape index (κ3) is 21.0. The first-order valence-corrected chi connectivity index (χ1v) is 42.4. The normalized spacial score (nSPS) is 12.5. The Kier molecular flexibility index (Phi) is 32.2. The van der Waals surface area contributed by atoms with Gasteiger partial charge in [0.15, 0.2) is 0 Å². The monoisotopic (exact) mass is 2270 g/mol. The van der Waals surface area contributed by atoms with Crippen molar-refractivity contribution in [2.24, 2.45) is 0 Å². The molecule has 1 saturated carbocycles. The van der Waals surface area contributed by atoms with Gasteiger partial charge in [-0.1, -0.05) is 189 Å². The van der Waals surface area contributed by atoms with Gasteiger partial charge in [0.1, 0.15) is 22.8 Å². The second-order valence-electron chi connectivity index (χ2n) is 31.2. The maximum Gasteiger partial charge on any atom is 0.354 e. The van der Waals surface area contributed by atoms with Crippen LogP contribution < -0.4 is 24.3 Å². The van der Waals surface area contributed by atoms with Crippen molar-refractivity contribution in [2.75, 3.05) is 40.7 Å². The number of nitrogens with zero attached hydrogens (tertiary/aromatic N) is 13. The Morgan fingerprint density at radius 1 is 0.371 bits per heavy atom. The maximum absolute atomic E-state index is 10.6. The van der Waals surface area contributed by atoms with Gasteiger partial charge in [-0.05, 0) is 213 Å². The Hall–Kier alpha value is -14.5. The Bertz CT molecular complexity index is 6560. The van der Waals surface area contributed by atoms with Gasteiger partial charge in [0.2, 0.25) is 0 Å². The minimum atomic E-state index is -1.02. The van der Waals surface area contributed by atoms with E-state index in [0.29, 0.717) is 11.8 Å². The second-order valence-corrected chi connectivity index (χ2v) is 31.2. The number of ether oxygens (including phenoxy) is 1. The van der Waals surface area contributed by atoms with Crippen LogP contribution in [0.4, 0.5) is 51.2 Å². The molecule has 8 aromatic carbocycles. The molecule has 0 saturated heterocycles. The van der Waals surface area contributed by atoms with E-state index in [0.717, 1.165) is 96.0 Å². The average Bonchev–Trinajstić information content (AvgIpc) is 0.691. The summed E-state index contributed by atoms with van der Waals surface area (Å²) >= 11 is 0. The first-order chi connectivity index (χ1) is 63.1. The molecule has 1 aliphatic carbocycles. The number of carboxylic acids is 3. The number of benzene rings is 8. The van der Waals surface area contributed by atoms with Crippen molar-refractivity contribution in [1.82, 2.24) is 44.9 Å². The fourth-order valence-corrected chi connectivity index (χ4v) is 16.7. The maximum atomic E-state index is 10.6. The molecule has 17 aromatic rings. The SMILES string of the molecule is CC(C)c1ccc(N2c3ccccc3Oc3c(-c4ccccn4)[c-]ccc32)cc1.CN1c2ccccc2C(c2ccncc2)(c2ccncc2)c2cc[c-]c(-c3ccc(C4CCCCC4)cn3)c21.CN1c2ccccc2N(C)c2c(-c3ccccn3)[c-]ccc21.O=C(O)c1ccc(-c2ccccc2)cn1.O=C(O)c1ccc(-c2ccncc2)cn1.O=C(O)c1ccccn1.[Ir].[Ir].[Ir]. The summed E-state index contributed by atoms with van der Waals surface area (Å²) in [5.41, 5.74) is 26.7. The summed E-state index contributed by atoms with van der Waals surface area (Å²) in [5.74, 6) is -0.280. The van der Waals surface area contributed by atoms with E-state index in [9.17, 15) is 14.4 Å². The quantitative estimate of drug-likeness (QED) is 0.0907. The number of anilines is 9. The van der Waals surface area contributed by atoms with Crippen molar-refractivity contribution < 1.29 is 94.8 Å². The predicted octanol–water partition coefficient (Wildman–Crippen LogP) is 24.6. The second kappa shape index (κ2) is 44.7. The summed E-state index contributed by atoms with van der Waals surface area (Å²) in [4.78, 5) is 78.3. The van der Waals surface area contributed by atoms with E-state index >= 15 is 0 Å². The van der Waals surface area contributed by atoms with E-state index in [2.05, 4.69) is 252 Å². The summed E-state index contributed by atoms with van der Waals surface area (Å²) in [5, 5.41) is 25.7. The van der Waals surface area contributed by atoms with Gasteiger partial charge in [-0.2, -0.15) is 0 Å². The van der Waals surface area contributed by atoms with Gasteiger partial charge < -0.3 is 54.6 Å². The molecular formula is C109H90Ir3N13O7-3. The predicted molar refractivity (Wildman–Crippen MR) is 507 cm³/mol. The Morgan fingerprint density at radius 2 is 0.841 bits per heavy atom. The molecule has 0 bridgehead atoms. The fraction of sp³-hybridized carbons (Fsp3) is 0.119. The zero-order chi connectivity index (χ0) is 89.2. The molecule has 3 aliphatic heterocycles. The molecule has 3 radical (unpaired) electrons. The van der Waals surface area contributed by atoms with Crippen molar-refractivity contribution in [3.63, 3.8) is 0 Å². The van der Waals surface area contributed by atoms with Gasteiger partial charge in [-0.15, -0.1) is 60.2 Å². The molecule has 4 aliphatic rings. The van der Waals surface area contributed by atoms with Crippen LogP contribution in [0, 0.1) is 18.2 Å². The van der Waals surface area contributed by atoms with E-state index in [1.54, 1.807) is 55.2 Å². The molecule has 1 fully saturated rings. The number of carboxylic acid groups (broad SMARTS) is 3. The fourth-order valence-electron chi connectivity index (χ4n) is 16.7. The van der Waals surface area contributed by atoms with Crippen LogP contribution in [-0.2, 0) is 65.7 Å². The third-order valence-corrected chi connectivity index (χ3v) is 23.1. The Labute approximate surface area is 808 Å². The molecule has 0 atom stereocenters. The van der Waals surface area contributed by atoms with Crippen LogP contribution in [-0.4, -0.2) is 99.2 Å². The van der Waals surface area contributed by atoms with Gasteiger partial charge in [0, 0.05) is 184 Å². The minimum Gasteiger partial charge on any atom is -0.498 e. The Balaban J connectivity index is 0.000000142. The number of fused-ring (bicyclic) bond motifs is 6. The molecule has 3 N–H and O–H groups in total. The summed E-state index contributed by atoms with van der Waals surface area (Å²) in [6.07, 6.45) is 27.7. The number of aromatic carboxylic acids is 3. The van der Waals surface area contributed by atoms with Crippen molar-refractivity contribution in [1.29, 1.82) is 0 Å². The molecule has 21 rings (SSSR count). The number of rotatable bonds is 13. The van der Waals surface area contributed by atoms with Crippen molar-refractivity contribution in [2.45, 2.75) is 63.2 Å². The molecule has 12 heterocycles. The third-order valence-electron chi connectivity index (χ3n) is 23.1. The molecule has 0 amide bonds. The van der Waals surface area contributed by atoms with Crippen LogP contribution in [0.2, 0.25) is 0 Å². The minimum absolute atomic E-state index is 0. The van der Waals surface area contributed by atoms with Crippen molar-refractivity contribution >= 4 is 69.1 Å². The summed E-state index contributed by atoms with van der Waals surface area (Å²) in [6, 6.07) is 106. The van der Waals surface area contributed by atoms with Gasteiger partial charge in [-0.25, -0.2) is 29.3 Å². The van der Waals surface area contributed by atoms with Gasteiger partial charge in [0.25, 0.3) is 0 Å². The molecule has 23 heteroatoms. The number of para-hydroxylation sites is 5. The largest absolute Gasteiger partial charge is 0.498 e. The van der Waals surface area contributed by atoms with E-state index in [-0.39, 0.29) is 77.4 Å². The van der Waals surface area contributed by atoms with Crippen molar-refractivity contribution in [3.8, 4) is 67.5 Å². The molecule has 132 heavy (non-hydrogen) atoms. The molecule has 0 unspecified atom stereocenters. The van der Waals surface area contributed by atoms with E-state index in [1.165, 1.54) is 113 Å². The van der Waals surface area contributed by atoms with Crippen LogP contribution >= 0.6 is 0 Å². The zero-order valence-electron chi connectivity index (χ0n) is 72.6. The smallest absolute Gasteiger partial charge is 0.354 e. The number of carbonyl (C=O) groups is 3. The molecule has 9 aromatic heterocycles. The number of pyridine rings is 9. The van der Waals surface area contributed by atoms with Crippen LogP contribution in [0.1, 0.15) is 123 Å². The van der Waals surface area contributed by atoms with Crippen LogP contribution in [0.3, 0.4) is 0 Å². The summed E-state index contributed by atoms with van der Waals surface area (Å²) < 4.78 is 6.36. The van der Waals surface area contributed by atoms with E-state index in [4.69, 9.17) is 25.0 Å². The molecule has 20 nitrogen and oxygen atoms in total. The molecule has 0 spiro atoms. The molecule has 663 valence electrons. The number of hydrogen-bond donors (Lipinski definition) is 3. The van der Waals surface area contributed by atoms with Crippen LogP contribution in [0.5, 0.6) is 11.5 Å². The Morgan fingerprint density at radius 3 is 1.37 bits per heavy atom. The molecular weight excluding hydrogens is 2180 g/mol. The van der Waals surface area contributed by atoms with Gasteiger partial charge in [0.05, 0.1) is 28.2 Å². The summed E-state index contributed by atoms with van der Waals surface area (Å²) in [6.45, 7) is 4.42. The van der Waals surface area contributed by atoms with E-state index < -0.39 is 23.3 Å². The average molecular weight is 2270 g/mol. The number of aromatic nitrogens is 9. The standard InChI is InChI=1S/C35H31N4.C26H21N2O.C19H16N3.C12H9NO2.C11H8N2O2.C6H5NO2.3Ir/c1-39-33-13-6-5-11-30(33)35(27-16-20-36-21-17-27,28-18-22-37-23-19-28)31-12-7-10-29(34(31)39)32-15-14-26(24-38-32)25-8-3-2-4-9-25;1-18(2)19-13-15-20(16-14-19)28-23-10-3-4-12-25(23)29-26-21(8-7-11-24(26)28)22-9-5-6-17-27-22;1-21-16-10-3-4-11-17(16)22(2)19-14(8-7-12-18(19)21)15-9-5-6-13-20-15;14-12(15)11-7-6-10(8-13-11)9-4-2-1-3-5-9;14-11(15)10-2-1-9(7-13-10)8-3-5-12-6-4-8;8-6(9)5-3-1-2-4-7-5;;;/h5-7,11-25H,2-4,8-9H2,1H3;3-7,9-18H,1-2H3;3-7,9-13H,1-2H3;1-8H,(H,14,15);1-7H,(H,14,15);1-4H,(H,8,9);;;/q3*-1;;;;;;. The van der Waals surface area contributed by atoms with Gasteiger partial charge >= 0.3 is 17.9 Å². The van der Waals surface area contributed by atoms with E-state index in [1.807, 2.05) is 146 Å². The van der Waals surface area contributed by atoms with Crippen LogP contribution in [0.15, 0.2) is 366 Å². The van der Waals surface area contributed by atoms with Crippen LogP contribution in [0.25, 0.3) is 56.0 Å².